The van der Waals surface area contributed by atoms with Crippen LogP contribution < -0.4 is 10.2 Å². The summed E-state index contributed by atoms with van der Waals surface area (Å²) < 4.78 is 0. The Labute approximate surface area is 174 Å². The molecule has 7 nitrogen and oxygen atoms in total. The Bertz CT molecular complexity index is 919. The maximum Gasteiger partial charge on any atom is 0.255 e. The van der Waals surface area contributed by atoms with E-state index in [1.165, 1.54) is 0 Å². The number of nitrogens with zero attached hydrogens (tertiary/aromatic N) is 3. The molecule has 8 heteroatoms. The van der Waals surface area contributed by atoms with Crippen molar-refractivity contribution in [3.05, 3.63) is 52.7 Å². The zero-order valence-corrected chi connectivity index (χ0v) is 16.7. The minimum absolute atomic E-state index is 0.0828. The molecule has 0 radical (unpaired) electrons. The molecule has 1 saturated heterocycles. The molecule has 152 valence electrons. The summed E-state index contributed by atoms with van der Waals surface area (Å²) in [5.74, 6) is 0.491. The summed E-state index contributed by atoms with van der Waals surface area (Å²) in [6.07, 6.45) is 3.35. The van der Waals surface area contributed by atoms with Gasteiger partial charge in [0.2, 0.25) is 5.91 Å². The van der Waals surface area contributed by atoms with Crippen molar-refractivity contribution in [3.8, 4) is 0 Å². The maximum atomic E-state index is 13.0. The Hall–Kier alpha value is -2.64. The average molecular weight is 415 g/mol. The lowest BCUT2D eigenvalue weighted by atomic mass is 9.98. The largest absolute Gasteiger partial charge is 0.396 e. The molecule has 0 saturated carbocycles. The number of hydrogen-bond acceptors (Lipinski definition) is 5. The number of benzene rings is 1. The van der Waals surface area contributed by atoms with Crippen molar-refractivity contribution in [2.75, 3.05) is 36.5 Å². The molecule has 0 bridgehead atoms. The van der Waals surface area contributed by atoms with Gasteiger partial charge in [0.25, 0.3) is 5.91 Å². The molecule has 29 heavy (non-hydrogen) atoms. The zero-order chi connectivity index (χ0) is 20.4. The number of piperidine rings is 1. The van der Waals surface area contributed by atoms with Gasteiger partial charge in [-0.15, -0.1) is 0 Å². The Morgan fingerprint density at radius 3 is 2.86 bits per heavy atom. The number of rotatable bonds is 4. The van der Waals surface area contributed by atoms with Crippen molar-refractivity contribution >= 4 is 34.9 Å². The van der Waals surface area contributed by atoms with Crippen LogP contribution in [0.3, 0.4) is 0 Å². The number of carbonyl (C=O) groups excluding carboxylic acids is 2. The first-order chi connectivity index (χ1) is 14.0. The minimum atomic E-state index is -0.122. The van der Waals surface area contributed by atoms with Gasteiger partial charge in [-0.05, 0) is 42.5 Å². The van der Waals surface area contributed by atoms with E-state index in [0.29, 0.717) is 41.7 Å². The van der Waals surface area contributed by atoms with Crippen molar-refractivity contribution in [2.24, 2.45) is 5.92 Å². The van der Waals surface area contributed by atoms with Gasteiger partial charge in [0, 0.05) is 30.9 Å². The first-order valence-electron chi connectivity index (χ1n) is 9.74. The lowest BCUT2D eigenvalue weighted by molar-refractivity contribution is -0.117. The van der Waals surface area contributed by atoms with Crippen LogP contribution in [0.5, 0.6) is 0 Å². The number of likely N-dealkylation sites (tertiary alicyclic amines) is 1. The fourth-order valence-corrected chi connectivity index (χ4v) is 3.95. The number of aliphatic hydroxyl groups excluding tert-OH is 1. The Morgan fingerprint density at radius 2 is 2.10 bits per heavy atom. The second kappa shape index (κ2) is 8.39. The third-order valence-corrected chi connectivity index (χ3v) is 5.68. The Kier molecular flexibility index (Phi) is 5.69. The van der Waals surface area contributed by atoms with Crippen LogP contribution in [0.1, 0.15) is 28.8 Å². The van der Waals surface area contributed by atoms with Gasteiger partial charge in [-0.25, -0.2) is 4.98 Å². The number of nitrogens with one attached hydrogen (secondary N) is 1. The summed E-state index contributed by atoms with van der Waals surface area (Å²) in [6.45, 7) is 1.82. The molecule has 2 N–H and O–H groups in total. The van der Waals surface area contributed by atoms with Gasteiger partial charge >= 0.3 is 0 Å². The summed E-state index contributed by atoms with van der Waals surface area (Å²) >= 11 is 5.96. The van der Waals surface area contributed by atoms with E-state index in [0.717, 1.165) is 18.4 Å². The zero-order valence-electron chi connectivity index (χ0n) is 16.0. The third kappa shape index (κ3) is 4.21. The molecular weight excluding hydrogens is 392 g/mol. The number of pyridine rings is 1. The molecule has 1 unspecified atom stereocenters. The average Bonchev–Trinajstić information content (AvgIpc) is 2.76. The highest BCUT2D eigenvalue weighted by Gasteiger charge is 2.29. The van der Waals surface area contributed by atoms with Gasteiger partial charge in [-0.3, -0.25) is 9.59 Å². The molecule has 2 amide bonds. The van der Waals surface area contributed by atoms with Crippen LogP contribution in [0.4, 0.5) is 11.5 Å². The van der Waals surface area contributed by atoms with E-state index in [1.54, 1.807) is 34.2 Å². The molecular formula is C21H23ClN4O3. The summed E-state index contributed by atoms with van der Waals surface area (Å²) in [6, 6.07) is 9.06. The van der Waals surface area contributed by atoms with E-state index >= 15 is 0 Å². The van der Waals surface area contributed by atoms with Crippen molar-refractivity contribution in [2.45, 2.75) is 19.4 Å². The van der Waals surface area contributed by atoms with Gasteiger partial charge < -0.3 is 20.2 Å². The molecule has 1 aromatic carbocycles. The monoisotopic (exact) mass is 414 g/mol. The summed E-state index contributed by atoms with van der Waals surface area (Å²) in [4.78, 5) is 33.4. The van der Waals surface area contributed by atoms with Crippen LogP contribution in [-0.4, -0.2) is 53.0 Å². The van der Waals surface area contributed by atoms with Crippen LogP contribution in [0.25, 0.3) is 0 Å². The van der Waals surface area contributed by atoms with Crippen LogP contribution in [0, 0.1) is 5.92 Å². The van der Waals surface area contributed by atoms with Crippen LogP contribution in [-0.2, 0) is 11.3 Å². The summed E-state index contributed by atoms with van der Waals surface area (Å²) in [5, 5.41) is 13.1. The number of aliphatic hydroxyl groups is 1. The smallest absolute Gasteiger partial charge is 0.255 e. The molecule has 3 heterocycles. The van der Waals surface area contributed by atoms with E-state index in [-0.39, 0.29) is 30.9 Å². The number of anilines is 2. The highest BCUT2D eigenvalue weighted by Crippen LogP contribution is 2.31. The topological polar surface area (TPSA) is 85.8 Å². The number of fused-ring (bicyclic) bond motifs is 1. The number of carbonyl (C=O) groups is 2. The molecule has 4 rings (SSSR count). The molecule has 1 aromatic heterocycles. The lowest BCUT2D eigenvalue weighted by Crippen LogP contribution is -2.42. The van der Waals surface area contributed by atoms with E-state index < -0.39 is 0 Å². The summed E-state index contributed by atoms with van der Waals surface area (Å²) in [7, 11) is 0. The Morgan fingerprint density at radius 1 is 1.31 bits per heavy atom. The van der Waals surface area contributed by atoms with Crippen molar-refractivity contribution < 1.29 is 14.7 Å². The van der Waals surface area contributed by atoms with Crippen LogP contribution >= 0.6 is 11.6 Å². The lowest BCUT2D eigenvalue weighted by Gasteiger charge is -2.33. The van der Waals surface area contributed by atoms with Gasteiger partial charge in [-0.2, -0.15) is 0 Å². The highest BCUT2D eigenvalue weighted by molar-refractivity contribution is 6.30. The molecule has 0 aliphatic carbocycles. The molecule has 1 atom stereocenters. The predicted molar refractivity (Wildman–Crippen MR) is 111 cm³/mol. The quantitative estimate of drug-likeness (QED) is 0.803. The first-order valence-corrected chi connectivity index (χ1v) is 10.1. The van der Waals surface area contributed by atoms with Gasteiger partial charge in [0.15, 0.2) is 5.82 Å². The molecule has 2 aliphatic rings. The Balaban J connectivity index is 1.60. The van der Waals surface area contributed by atoms with E-state index in [1.807, 2.05) is 12.1 Å². The van der Waals surface area contributed by atoms with Gasteiger partial charge in [-0.1, -0.05) is 23.7 Å². The number of amides is 2. The fourth-order valence-electron chi connectivity index (χ4n) is 3.83. The molecule has 1 fully saturated rings. The van der Waals surface area contributed by atoms with Crippen molar-refractivity contribution in [3.63, 3.8) is 0 Å². The second-order valence-electron chi connectivity index (χ2n) is 7.49. The van der Waals surface area contributed by atoms with Gasteiger partial charge in [0.05, 0.1) is 24.3 Å². The summed E-state index contributed by atoms with van der Waals surface area (Å²) in [5.41, 5.74) is 1.98. The molecule has 0 spiro atoms. The number of halogens is 1. The van der Waals surface area contributed by atoms with Gasteiger partial charge in [0.1, 0.15) is 0 Å². The molecule has 2 aliphatic heterocycles. The third-order valence-electron chi connectivity index (χ3n) is 5.43. The minimum Gasteiger partial charge on any atom is -0.396 e. The number of aromatic nitrogens is 1. The standard InChI is InChI=1S/C21H23ClN4O3/c22-17-5-3-14(4-6-17)12-26-18-8-16(9-23-20(18)24-10-19(26)28)21(29)25-7-1-2-15(11-25)13-27/h3-6,8-9,15,27H,1-2,7,10-13H2,(H,23,24). The van der Waals surface area contributed by atoms with E-state index in [4.69, 9.17) is 11.6 Å². The van der Waals surface area contributed by atoms with E-state index in [9.17, 15) is 14.7 Å². The van der Waals surface area contributed by atoms with Crippen molar-refractivity contribution in [1.29, 1.82) is 0 Å². The normalized spacial score (nSPS) is 19.0. The van der Waals surface area contributed by atoms with Crippen LogP contribution in [0.15, 0.2) is 36.5 Å². The highest BCUT2D eigenvalue weighted by atomic mass is 35.5. The van der Waals surface area contributed by atoms with Crippen molar-refractivity contribution in [1.82, 2.24) is 9.88 Å². The predicted octanol–water partition coefficient (Wildman–Crippen LogP) is 2.54. The first kappa shape index (κ1) is 19.7. The number of hydrogen-bond donors (Lipinski definition) is 2. The van der Waals surface area contributed by atoms with E-state index in [2.05, 4.69) is 10.3 Å². The SMILES string of the molecule is O=C(c1cnc2c(c1)N(Cc1ccc(Cl)cc1)C(=O)CN2)N1CCCC(CO)C1. The molecule has 2 aromatic rings. The van der Waals surface area contributed by atoms with Crippen LogP contribution in [0.2, 0.25) is 5.02 Å². The second-order valence-corrected chi connectivity index (χ2v) is 7.93. The fraction of sp³-hybridized carbons (Fsp3) is 0.381. The maximum absolute atomic E-state index is 13.0.